The predicted molar refractivity (Wildman–Crippen MR) is 96.8 cm³/mol. The highest BCUT2D eigenvalue weighted by Gasteiger charge is 2.24. The summed E-state index contributed by atoms with van der Waals surface area (Å²) in [5.74, 6) is -0.330. The normalized spacial score (nSPS) is 18.5. The van der Waals surface area contributed by atoms with Crippen LogP contribution >= 0.6 is 0 Å². The number of nitrogens with one attached hydrogen (secondary N) is 1. The highest BCUT2D eigenvalue weighted by Crippen LogP contribution is 2.29. The van der Waals surface area contributed by atoms with E-state index in [4.69, 9.17) is 4.74 Å². The van der Waals surface area contributed by atoms with Gasteiger partial charge in [0.25, 0.3) is 0 Å². The quantitative estimate of drug-likeness (QED) is 0.829. The molecule has 0 bridgehead atoms. The van der Waals surface area contributed by atoms with Gasteiger partial charge in [0.1, 0.15) is 11.6 Å². The van der Waals surface area contributed by atoms with Crippen LogP contribution in [0.4, 0.5) is 10.2 Å². The minimum Gasteiger partial charge on any atom is -0.464 e. The monoisotopic (exact) mass is 358 g/mol. The van der Waals surface area contributed by atoms with Gasteiger partial charge in [-0.1, -0.05) is 19.1 Å². The maximum absolute atomic E-state index is 13.2. The number of hydrogen-bond donors (Lipinski definition) is 1. The molecule has 1 aliphatic heterocycles. The summed E-state index contributed by atoms with van der Waals surface area (Å²) in [6.07, 6.45) is 2.44. The van der Waals surface area contributed by atoms with Crippen molar-refractivity contribution < 1.29 is 13.9 Å². The van der Waals surface area contributed by atoms with Gasteiger partial charge in [-0.25, -0.2) is 19.2 Å². The zero-order chi connectivity index (χ0) is 18.7. The molecule has 1 aliphatic rings. The van der Waals surface area contributed by atoms with Gasteiger partial charge in [0.05, 0.1) is 19.0 Å². The number of likely N-dealkylation sites (tertiary alicyclic amines) is 1. The fourth-order valence-electron chi connectivity index (χ4n) is 3.17. The van der Waals surface area contributed by atoms with Gasteiger partial charge >= 0.3 is 5.97 Å². The third-order valence-corrected chi connectivity index (χ3v) is 4.71. The molecule has 26 heavy (non-hydrogen) atoms. The van der Waals surface area contributed by atoms with Gasteiger partial charge < -0.3 is 15.0 Å². The first-order chi connectivity index (χ1) is 12.5. The van der Waals surface area contributed by atoms with E-state index in [1.54, 1.807) is 12.1 Å². The van der Waals surface area contributed by atoms with Crippen LogP contribution < -0.4 is 5.32 Å². The Morgan fingerprint density at radius 1 is 1.38 bits per heavy atom. The van der Waals surface area contributed by atoms with Gasteiger partial charge in [-0.2, -0.15) is 0 Å². The van der Waals surface area contributed by atoms with Crippen molar-refractivity contribution in [2.75, 3.05) is 32.6 Å². The Morgan fingerprint density at radius 3 is 2.73 bits per heavy atom. The Morgan fingerprint density at radius 2 is 2.12 bits per heavy atom. The number of halogens is 1. The summed E-state index contributed by atoms with van der Waals surface area (Å²) in [7, 11) is 3.39. The van der Waals surface area contributed by atoms with Crippen molar-refractivity contribution in [2.24, 2.45) is 0 Å². The number of nitrogens with zero attached hydrogens (tertiary/aromatic N) is 3. The number of carbonyl (C=O) groups is 1. The summed E-state index contributed by atoms with van der Waals surface area (Å²) in [5.41, 5.74) is 1.70. The zero-order valence-corrected chi connectivity index (χ0v) is 15.2. The third-order valence-electron chi connectivity index (χ3n) is 4.71. The number of hydrogen-bond acceptors (Lipinski definition) is 6. The molecule has 0 aliphatic carbocycles. The molecule has 0 saturated carbocycles. The number of anilines is 1. The lowest BCUT2D eigenvalue weighted by Gasteiger charge is -2.20. The summed E-state index contributed by atoms with van der Waals surface area (Å²) in [6, 6.07) is 6.56. The number of benzene rings is 1. The molecule has 0 radical (unpaired) electrons. The van der Waals surface area contributed by atoms with Crippen molar-refractivity contribution >= 4 is 11.8 Å². The molecule has 3 rings (SSSR count). The molecule has 0 amide bonds. The lowest BCUT2D eigenvalue weighted by Crippen LogP contribution is -2.25. The van der Waals surface area contributed by atoms with Crippen LogP contribution in [0, 0.1) is 5.82 Å². The van der Waals surface area contributed by atoms with Crippen LogP contribution in [-0.4, -0.2) is 54.1 Å². The molecule has 2 atom stereocenters. The van der Waals surface area contributed by atoms with Crippen LogP contribution in [0.5, 0.6) is 0 Å². The molecule has 1 aromatic carbocycles. The van der Waals surface area contributed by atoms with Crippen molar-refractivity contribution in [3.63, 3.8) is 0 Å². The van der Waals surface area contributed by atoms with Gasteiger partial charge in [0.2, 0.25) is 0 Å². The zero-order valence-electron chi connectivity index (χ0n) is 15.2. The second-order valence-corrected chi connectivity index (χ2v) is 6.65. The van der Waals surface area contributed by atoms with Crippen LogP contribution in [0.3, 0.4) is 0 Å². The Bertz CT molecular complexity index is 782. The molecule has 138 valence electrons. The second-order valence-electron chi connectivity index (χ2n) is 6.65. The highest BCUT2D eigenvalue weighted by molar-refractivity contribution is 5.87. The van der Waals surface area contributed by atoms with Crippen LogP contribution in [0.15, 0.2) is 30.5 Å². The lowest BCUT2D eigenvalue weighted by molar-refractivity contribution is 0.0593. The molecule has 2 aromatic rings. The lowest BCUT2D eigenvalue weighted by atomic mass is 9.97. The molecule has 1 aromatic heterocycles. The fraction of sp³-hybridized carbons (Fsp3) is 0.421. The van der Waals surface area contributed by atoms with Crippen molar-refractivity contribution in [1.82, 2.24) is 14.9 Å². The third kappa shape index (κ3) is 3.99. The van der Waals surface area contributed by atoms with Crippen molar-refractivity contribution in [1.29, 1.82) is 0 Å². The van der Waals surface area contributed by atoms with Crippen molar-refractivity contribution in [2.45, 2.75) is 25.3 Å². The number of aromatic nitrogens is 2. The first kappa shape index (κ1) is 18.3. The van der Waals surface area contributed by atoms with Crippen LogP contribution in [0.25, 0.3) is 0 Å². The minimum atomic E-state index is -0.530. The second kappa shape index (κ2) is 7.78. The largest absolute Gasteiger partial charge is 0.464 e. The van der Waals surface area contributed by atoms with E-state index in [1.807, 2.05) is 6.92 Å². The maximum Gasteiger partial charge on any atom is 0.358 e. The Hall–Kier alpha value is -2.54. The predicted octanol–water partition coefficient (Wildman–Crippen LogP) is 2.67. The minimum absolute atomic E-state index is 0.158. The van der Waals surface area contributed by atoms with E-state index in [0.717, 1.165) is 25.1 Å². The average molecular weight is 358 g/mol. The van der Waals surface area contributed by atoms with Crippen LogP contribution in [0.1, 0.15) is 41.0 Å². The van der Waals surface area contributed by atoms with Gasteiger partial charge in [-0.15, -0.1) is 0 Å². The number of likely N-dealkylation sites (N-methyl/N-ethyl adjacent to an activating group) is 1. The summed E-state index contributed by atoms with van der Waals surface area (Å²) in [6.45, 7) is 3.91. The van der Waals surface area contributed by atoms with E-state index in [2.05, 4.69) is 27.2 Å². The van der Waals surface area contributed by atoms with E-state index in [-0.39, 0.29) is 23.5 Å². The first-order valence-corrected chi connectivity index (χ1v) is 8.63. The maximum atomic E-state index is 13.2. The molecule has 7 heteroatoms. The summed E-state index contributed by atoms with van der Waals surface area (Å²) >= 11 is 0. The Kier molecular flexibility index (Phi) is 5.46. The van der Waals surface area contributed by atoms with E-state index in [0.29, 0.717) is 11.5 Å². The molecular weight excluding hydrogens is 335 g/mol. The Balaban J connectivity index is 1.95. The van der Waals surface area contributed by atoms with E-state index < -0.39 is 5.97 Å². The van der Waals surface area contributed by atoms with Crippen molar-refractivity contribution in [3.8, 4) is 0 Å². The smallest absolute Gasteiger partial charge is 0.358 e. The van der Waals surface area contributed by atoms with E-state index in [1.165, 1.54) is 25.4 Å². The fourth-order valence-corrected chi connectivity index (χ4v) is 3.17. The molecule has 2 heterocycles. The van der Waals surface area contributed by atoms with Crippen LogP contribution in [0.2, 0.25) is 0 Å². The standard InChI is InChI=1S/C19H23FN4O2/c1-12(13-4-6-14(20)7-5-13)17-18(22-15-8-9-24(2)11-15)21-10-16(23-17)19(25)26-3/h4-7,10,12,15H,8-9,11H2,1-3H3,(H,21,22). The molecular formula is C19H23FN4O2. The summed E-state index contributed by atoms with van der Waals surface area (Å²) < 4.78 is 18.0. The number of esters is 1. The van der Waals surface area contributed by atoms with Gasteiger partial charge in [0.15, 0.2) is 5.69 Å². The molecule has 2 unspecified atom stereocenters. The number of carbonyl (C=O) groups excluding carboxylic acids is 1. The topological polar surface area (TPSA) is 67.3 Å². The molecule has 1 fully saturated rings. The molecule has 6 nitrogen and oxygen atoms in total. The van der Waals surface area contributed by atoms with Gasteiger partial charge in [-0.05, 0) is 37.7 Å². The Labute approximate surface area is 152 Å². The molecule has 0 spiro atoms. The molecule has 1 saturated heterocycles. The number of ether oxygens (including phenoxy) is 1. The van der Waals surface area contributed by atoms with Gasteiger partial charge in [-0.3, -0.25) is 0 Å². The van der Waals surface area contributed by atoms with E-state index >= 15 is 0 Å². The average Bonchev–Trinajstić information content (AvgIpc) is 3.06. The van der Waals surface area contributed by atoms with Crippen LogP contribution in [-0.2, 0) is 4.74 Å². The van der Waals surface area contributed by atoms with Gasteiger partial charge in [0, 0.05) is 18.5 Å². The first-order valence-electron chi connectivity index (χ1n) is 8.63. The SMILES string of the molecule is COC(=O)c1cnc(NC2CCN(C)C2)c(C(C)c2ccc(F)cc2)n1. The van der Waals surface area contributed by atoms with Crippen molar-refractivity contribution in [3.05, 3.63) is 53.2 Å². The van der Waals surface area contributed by atoms with E-state index in [9.17, 15) is 9.18 Å². The summed E-state index contributed by atoms with van der Waals surface area (Å²) in [4.78, 5) is 23.0. The highest BCUT2D eigenvalue weighted by atomic mass is 19.1. The number of methoxy groups -OCH3 is 1. The molecule has 1 N–H and O–H groups in total. The number of rotatable bonds is 5. The summed E-state index contributed by atoms with van der Waals surface area (Å²) in [5, 5.41) is 3.44.